The molecule has 0 amide bonds. The highest BCUT2D eigenvalue weighted by Gasteiger charge is 2.22. The Labute approximate surface area is 96.0 Å². The standard InChI is InChI=1S/C13H19FN2/c14-12-6-3-11(4-7-12)9-13(16-15)8-5-10-1-2-10/h3-4,6-7,10,13,16H,1-2,5,8-9,15H2. The van der Waals surface area contributed by atoms with Gasteiger partial charge in [0.15, 0.2) is 0 Å². The van der Waals surface area contributed by atoms with Gasteiger partial charge in [0.05, 0.1) is 0 Å². The molecule has 1 atom stereocenters. The summed E-state index contributed by atoms with van der Waals surface area (Å²) >= 11 is 0. The molecule has 1 fully saturated rings. The minimum absolute atomic E-state index is 0.181. The Morgan fingerprint density at radius 2 is 2.00 bits per heavy atom. The zero-order chi connectivity index (χ0) is 11.4. The second kappa shape index (κ2) is 5.41. The molecule has 0 aliphatic heterocycles. The van der Waals surface area contributed by atoms with Gasteiger partial charge in [-0.3, -0.25) is 11.3 Å². The van der Waals surface area contributed by atoms with Gasteiger partial charge in [-0.1, -0.05) is 25.0 Å². The largest absolute Gasteiger partial charge is 0.271 e. The second-order valence-corrected chi connectivity index (χ2v) is 4.71. The molecular formula is C13H19FN2. The molecule has 0 saturated heterocycles. The first-order valence-electron chi connectivity index (χ1n) is 5.98. The third kappa shape index (κ3) is 3.58. The minimum Gasteiger partial charge on any atom is -0.271 e. The molecular weight excluding hydrogens is 203 g/mol. The molecule has 2 rings (SSSR count). The molecule has 0 heterocycles. The van der Waals surface area contributed by atoms with Gasteiger partial charge in [0.25, 0.3) is 0 Å². The molecule has 0 spiro atoms. The fraction of sp³-hybridized carbons (Fsp3) is 0.538. The van der Waals surface area contributed by atoms with Crippen molar-refractivity contribution in [1.82, 2.24) is 5.43 Å². The fourth-order valence-electron chi connectivity index (χ4n) is 1.99. The van der Waals surface area contributed by atoms with Crippen LogP contribution in [-0.2, 0) is 6.42 Å². The smallest absolute Gasteiger partial charge is 0.123 e. The van der Waals surface area contributed by atoms with E-state index in [1.54, 1.807) is 0 Å². The Kier molecular flexibility index (Phi) is 3.91. The van der Waals surface area contributed by atoms with Crippen LogP contribution in [0, 0.1) is 11.7 Å². The average molecular weight is 222 g/mol. The van der Waals surface area contributed by atoms with E-state index in [-0.39, 0.29) is 5.82 Å². The van der Waals surface area contributed by atoms with Crippen LogP contribution in [0.2, 0.25) is 0 Å². The van der Waals surface area contributed by atoms with Crippen LogP contribution in [0.15, 0.2) is 24.3 Å². The molecule has 0 bridgehead atoms. The van der Waals surface area contributed by atoms with Crippen LogP contribution < -0.4 is 11.3 Å². The molecule has 16 heavy (non-hydrogen) atoms. The maximum atomic E-state index is 12.7. The molecule has 0 aromatic heterocycles. The summed E-state index contributed by atoms with van der Waals surface area (Å²) in [4.78, 5) is 0. The molecule has 1 aliphatic carbocycles. The molecule has 3 N–H and O–H groups in total. The lowest BCUT2D eigenvalue weighted by Gasteiger charge is -2.15. The number of nitrogens with one attached hydrogen (secondary N) is 1. The highest BCUT2D eigenvalue weighted by atomic mass is 19.1. The lowest BCUT2D eigenvalue weighted by atomic mass is 10.0. The van der Waals surface area contributed by atoms with E-state index in [0.717, 1.165) is 24.3 Å². The monoisotopic (exact) mass is 222 g/mol. The van der Waals surface area contributed by atoms with Crippen molar-refractivity contribution in [3.8, 4) is 0 Å². The van der Waals surface area contributed by atoms with E-state index >= 15 is 0 Å². The molecule has 1 saturated carbocycles. The minimum atomic E-state index is -0.181. The summed E-state index contributed by atoms with van der Waals surface area (Å²) in [5.41, 5.74) is 3.99. The van der Waals surface area contributed by atoms with Crippen LogP contribution >= 0.6 is 0 Å². The van der Waals surface area contributed by atoms with Crippen molar-refractivity contribution in [2.24, 2.45) is 11.8 Å². The third-order valence-corrected chi connectivity index (χ3v) is 3.25. The molecule has 1 unspecified atom stereocenters. The van der Waals surface area contributed by atoms with Gasteiger partial charge in [-0.25, -0.2) is 4.39 Å². The summed E-state index contributed by atoms with van der Waals surface area (Å²) in [5.74, 6) is 6.29. The summed E-state index contributed by atoms with van der Waals surface area (Å²) in [5, 5.41) is 0. The Morgan fingerprint density at radius 1 is 1.31 bits per heavy atom. The number of hydrogen-bond donors (Lipinski definition) is 2. The molecule has 2 nitrogen and oxygen atoms in total. The zero-order valence-corrected chi connectivity index (χ0v) is 9.45. The third-order valence-electron chi connectivity index (χ3n) is 3.25. The predicted octanol–water partition coefficient (Wildman–Crippen LogP) is 2.39. The van der Waals surface area contributed by atoms with Crippen molar-refractivity contribution in [2.75, 3.05) is 0 Å². The molecule has 1 aromatic rings. The summed E-state index contributed by atoms with van der Waals surface area (Å²) in [6, 6.07) is 6.98. The summed E-state index contributed by atoms with van der Waals surface area (Å²) < 4.78 is 12.7. The average Bonchev–Trinajstić information content (AvgIpc) is 3.11. The van der Waals surface area contributed by atoms with Gasteiger partial charge in [-0.05, 0) is 42.9 Å². The second-order valence-electron chi connectivity index (χ2n) is 4.71. The van der Waals surface area contributed by atoms with Crippen molar-refractivity contribution in [1.29, 1.82) is 0 Å². The number of hydrogen-bond acceptors (Lipinski definition) is 2. The van der Waals surface area contributed by atoms with E-state index < -0.39 is 0 Å². The number of hydrazine groups is 1. The first-order chi connectivity index (χ1) is 7.78. The summed E-state index contributed by atoms with van der Waals surface area (Å²) in [6.07, 6.45) is 6.01. The molecule has 88 valence electrons. The van der Waals surface area contributed by atoms with E-state index in [0.29, 0.717) is 6.04 Å². The van der Waals surface area contributed by atoms with E-state index in [4.69, 9.17) is 5.84 Å². The number of halogens is 1. The maximum Gasteiger partial charge on any atom is 0.123 e. The van der Waals surface area contributed by atoms with E-state index in [1.807, 2.05) is 12.1 Å². The zero-order valence-electron chi connectivity index (χ0n) is 9.45. The maximum absolute atomic E-state index is 12.7. The van der Waals surface area contributed by atoms with Gasteiger partial charge in [0, 0.05) is 6.04 Å². The summed E-state index contributed by atoms with van der Waals surface area (Å²) in [7, 11) is 0. The molecule has 0 radical (unpaired) electrons. The van der Waals surface area contributed by atoms with Crippen molar-refractivity contribution in [2.45, 2.75) is 38.1 Å². The van der Waals surface area contributed by atoms with Crippen molar-refractivity contribution < 1.29 is 4.39 Å². The van der Waals surface area contributed by atoms with Crippen molar-refractivity contribution in [3.05, 3.63) is 35.6 Å². The lowest BCUT2D eigenvalue weighted by Crippen LogP contribution is -2.36. The highest BCUT2D eigenvalue weighted by Crippen LogP contribution is 2.34. The number of benzene rings is 1. The lowest BCUT2D eigenvalue weighted by molar-refractivity contribution is 0.462. The Hall–Kier alpha value is -0.930. The number of nitrogens with two attached hydrogens (primary N) is 1. The van der Waals surface area contributed by atoms with Crippen molar-refractivity contribution in [3.63, 3.8) is 0 Å². The van der Waals surface area contributed by atoms with Gasteiger partial charge in [-0.15, -0.1) is 0 Å². The Morgan fingerprint density at radius 3 is 2.56 bits per heavy atom. The predicted molar refractivity (Wildman–Crippen MR) is 63.2 cm³/mol. The molecule has 1 aromatic carbocycles. The molecule has 1 aliphatic rings. The van der Waals surface area contributed by atoms with Gasteiger partial charge >= 0.3 is 0 Å². The van der Waals surface area contributed by atoms with E-state index in [1.165, 1.54) is 31.4 Å². The topological polar surface area (TPSA) is 38.0 Å². The van der Waals surface area contributed by atoms with Crippen molar-refractivity contribution >= 4 is 0 Å². The van der Waals surface area contributed by atoms with Crippen LogP contribution in [0.5, 0.6) is 0 Å². The highest BCUT2D eigenvalue weighted by molar-refractivity contribution is 5.17. The Balaban J connectivity index is 1.82. The fourth-order valence-corrected chi connectivity index (χ4v) is 1.99. The molecule has 3 heteroatoms. The number of rotatable bonds is 6. The van der Waals surface area contributed by atoms with E-state index in [9.17, 15) is 4.39 Å². The first-order valence-corrected chi connectivity index (χ1v) is 5.98. The van der Waals surface area contributed by atoms with Gasteiger partial charge in [0.2, 0.25) is 0 Å². The first kappa shape index (κ1) is 11.6. The van der Waals surface area contributed by atoms with Crippen LogP contribution in [0.1, 0.15) is 31.2 Å². The van der Waals surface area contributed by atoms with Crippen LogP contribution in [0.3, 0.4) is 0 Å². The van der Waals surface area contributed by atoms with Gasteiger partial charge in [-0.2, -0.15) is 0 Å². The Bertz CT molecular complexity index is 319. The van der Waals surface area contributed by atoms with Crippen LogP contribution in [0.25, 0.3) is 0 Å². The van der Waals surface area contributed by atoms with E-state index in [2.05, 4.69) is 5.43 Å². The quantitative estimate of drug-likeness (QED) is 0.573. The summed E-state index contributed by atoms with van der Waals surface area (Å²) in [6.45, 7) is 0. The SMILES string of the molecule is NNC(CCC1CC1)Cc1ccc(F)cc1. The normalized spacial score (nSPS) is 17.4. The van der Waals surface area contributed by atoms with Gasteiger partial charge < -0.3 is 0 Å². The van der Waals surface area contributed by atoms with Crippen LogP contribution in [-0.4, -0.2) is 6.04 Å². The van der Waals surface area contributed by atoms with Gasteiger partial charge in [0.1, 0.15) is 5.82 Å². The van der Waals surface area contributed by atoms with Crippen LogP contribution in [0.4, 0.5) is 4.39 Å².